The fraction of sp³-hybridized carbons (Fsp3) is 0.600. The maximum Gasteiger partial charge on any atom is 0.330 e. The molecule has 0 unspecified atom stereocenters. The molecule has 18 heavy (non-hydrogen) atoms. The van der Waals surface area contributed by atoms with Crippen molar-refractivity contribution >= 4 is 0 Å². The third-order valence-electron chi connectivity index (χ3n) is 2.81. The number of hydrogen-bond donors (Lipinski definition) is 3. The van der Waals surface area contributed by atoms with Crippen LogP contribution in [0, 0.1) is 0 Å². The van der Waals surface area contributed by atoms with Crippen LogP contribution in [0.4, 0.5) is 0 Å². The third-order valence-corrected chi connectivity index (χ3v) is 2.81. The molecule has 100 valence electrons. The summed E-state index contributed by atoms with van der Waals surface area (Å²) in [7, 11) is -0.433. The molecule has 1 saturated heterocycles. The van der Waals surface area contributed by atoms with Gasteiger partial charge in [-0.1, -0.05) is 0 Å². The molecule has 3 N–H and O–H groups in total. The van der Waals surface area contributed by atoms with E-state index < -0.39 is 49.5 Å². The van der Waals surface area contributed by atoms with Crippen LogP contribution in [0.1, 0.15) is 7.60 Å². The maximum atomic E-state index is 11.7. The molecule has 1 aromatic rings. The van der Waals surface area contributed by atoms with Gasteiger partial charge >= 0.3 is 5.69 Å². The summed E-state index contributed by atoms with van der Waals surface area (Å²) < 4.78 is 18.4. The number of nitrogens with zero attached hydrogens (tertiary/aromatic N) is 1. The number of hydrogen-bond acceptors (Lipinski definition) is 6. The van der Waals surface area contributed by atoms with Crippen LogP contribution >= 0.6 is 0 Å². The highest BCUT2D eigenvalue weighted by molar-refractivity contribution is 4.93. The molecular weight excluding hydrogens is 244 g/mol. The largest absolute Gasteiger partial charge is 0.394 e. The molecule has 2 heterocycles. The first-order valence-corrected chi connectivity index (χ1v) is 5.25. The fourth-order valence-electron chi connectivity index (χ4n) is 1.90. The van der Waals surface area contributed by atoms with E-state index in [9.17, 15) is 14.7 Å². The van der Waals surface area contributed by atoms with Gasteiger partial charge in [0.1, 0.15) is 18.3 Å². The Labute approximate surface area is 103 Å². The van der Waals surface area contributed by atoms with Crippen molar-refractivity contribution in [1.29, 1.82) is 0 Å². The van der Waals surface area contributed by atoms with Crippen molar-refractivity contribution in [1.82, 2.24) is 9.55 Å². The number of aromatic nitrogens is 2. The smallest absolute Gasteiger partial charge is 0.330 e. The van der Waals surface area contributed by atoms with E-state index in [1.54, 1.807) is 0 Å². The summed E-state index contributed by atoms with van der Waals surface area (Å²) in [5.74, 6) is 0. The van der Waals surface area contributed by atoms with Crippen LogP contribution in [-0.4, -0.2) is 51.8 Å². The second-order valence-electron chi connectivity index (χ2n) is 3.89. The Morgan fingerprint density at radius 3 is 3.06 bits per heavy atom. The van der Waals surface area contributed by atoms with Crippen LogP contribution in [0.2, 0.25) is 0 Å². The zero-order chi connectivity index (χ0) is 14.0. The first-order valence-electron chi connectivity index (χ1n) is 5.96. The SMILES string of the molecule is [2H]CO[C@@H]1[C@H](O)[C@@H](CO)O[C@H]1n1ccc(=O)[nH]c1=O. The molecule has 1 aromatic heterocycles. The highest BCUT2D eigenvalue weighted by Gasteiger charge is 2.45. The monoisotopic (exact) mass is 259 g/mol. The zero-order valence-corrected chi connectivity index (χ0v) is 9.35. The molecule has 0 spiro atoms. The Morgan fingerprint density at radius 1 is 1.67 bits per heavy atom. The molecule has 8 nitrogen and oxygen atoms in total. The summed E-state index contributed by atoms with van der Waals surface area (Å²) in [5.41, 5.74) is -1.28. The predicted molar refractivity (Wildman–Crippen MR) is 59.1 cm³/mol. The molecule has 4 atom stereocenters. The van der Waals surface area contributed by atoms with Crippen molar-refractivity contribution in [2.24, 2.45) is 0 Å². The summed E-state index contributed by atoms with van der Waals surface area (Å²) in [4.78, 5) is 24.7. The summed E-state index contributed by atoms with van der Waals surface area (Å²) in [5, 5.41) is 18.9. The summed E-state index contributed by atoms with van der Waals surface area (Å²) in [6.07, 6.45) is -2.86. The number of aromatic amines is 1. The quantitative estimate of drug-likeness (QED) is 0.568. The molecular formula is C10H14N2O6. The average Bonchev–Trinajstić information content (AvgIpc) is 2.68. The van der Waals surface area contributed by atoms with Gasteiger partial charge in [-0.2, -0.15) is 0 Å². The lowest BCUT2D eigenvalue weighted by Crippen LogP contribution is -2.38. The number of rotatable bonds is 3. The van der Waals surface area contributed by atoms with Gasteiger partial charge in [0.15, 0.2) is 6.23 Å². The minimum Gasteiger partial charge on any atom is -0.394 e. The highest BCUT2D eigenvalue weighted by Crippen LogP contribution is 2.29. The molecule has 1 aliphatic rings. The number of aliphatic hydroxyl groups is 2. The number of ether oxygens (including phenoxy) is 2. The molecule has 0 amide bonds. The molecule has 0 aliphatic carbocycles. The van der Waals surface area contributed by atoms with Crippen molar-refractivity contribution in [3.8, 4) is 0 Å². The molecule has 0 radical (unpaired) electrons. The van der Waals surface area contributed by atoms with Crippen LogP contribution < -0.4 is 11.2 Å². The van der Waals surface area contributed by atoms with Crippen LogP contribution in [0.5, 0.6) is 0 Å². The van der Waals surface area contributed by atoms with E-state index in [4.69, 9.17) is 16.0 Å². The lowest BCUT2D eigenvalue weighted by Gasteiger charge is -2.19. The molecule has 2 rings (SSSR count). The highest BCUT2D eigenvalue weighted by atomic mass is 16.6. The minimum atomic E-state index is -1.17. The first kappa shape index (κ1) is 11.6. The summed E-state index contributed by atoms with van der Waals surface area (Å²) in [6, 6.07) is 1.13. The molecule has 0 aromatic carbocycles. The molecule has 8 heteroatoms. The number of methoxy groups -OCH3 is 1. The minimum absolute atomic E-state index is 0.433. The van der Waals surface area contributed by atoms with Gasteiger partial charge in [0.2, 0.25) is 0 Å². The molecule has 0 saturated carbocycles. The van der Waals surface area contributed by atoms with Crippen LogP contribution in [-0.2, 0) is 9.47 Å². The second kappa shape index (κ2) is 5.02. The summed E-state index contributed by atoms with van der Waals surface area (Å²) in [6.45, 7) is -0.451. The number of H-pyrrole nitrogens is 1. The van der Waals surface area contributed by atoms with E-state index in [-0.39, 0.29) is 0 Å². The van der Waals surface area contributed by atoms with Gasteiger partial charge in [0, 0.05) is 19.3 Å². The van der Waals surface area contributed by atoms with Crippen LogP contribution in [0.3, 0.4) is 0 Å². The van der Waals surface area contributed by atoms with E-state index in [2.05, 4.69) is 4.98 Å². The number of nitrogens with one attached hydrogen (secondary N) is 1. The zero-order valence-electron chi connectivity index (χ0n) is 10.4. The van der Waals surface area contributed by atoms with Gasteiger partial charge in [0.25, 0.3) is 5.56 Å². The van der Waals surface area contributed by atoms with Crippen molar-refractivity contribution in [3.05, 3.63) is 33.1 Å². The van der Waals surface area contributed by atoms with Crippen LogP contribution in [0.25, 0.3) is 0 Å². The Morgan fingerprint density at radius 2 is 2.44 bits per heavy atom. The number of aliphatic hydroxyl groups excluding tert-OH is 2. The van der Waals surface area contributed by atoms with Gasteiger partial charge in [-0.25, -0.2) is 4.79 Å². The Bertz CT molecular complexity index is 543. The third kappa shape index (κ3) is 2.10. The normalized spacial score (nSPS) is 32.4. The van der Waals surface area contributed by atoms with Crippen LogP contribution in [0.15, 0.2) is 21.9 Å². The predicted octanol–water partition coefficient (Wildman–Crippen LogP) is -2.20. The first-order chi connectivity index (χ1) is 9.08. The van der Waals surface area contributed by atoms with Gasteiger partial charge in [0.05, 0.1) is 7.98 Å². The summed E-state index contributed by atoms with van der Waals surface area (Å²) >= 11 is 0. The Balaban J connectivity index is 2.36. The second-order valence-corrected chi connectivity index (χ2v) is 3.89. The van der Waals surface area contributed by atoms with E-state index in [0.29, 0.717) is 0 Å². The Hall–Kier alpha value is -1.48. The Kier molecular flexibility index (Phi) is 3.24. The average molecular weight is 259 g/mol. The lowest BCUT2D eigenvalue weighted by molar-refractivity contribution is -0.0625. The van der Waals surface area contributed by atoms with E-state index >= 15 is 0 Å². The van der Waals surface area contributed by atoms with Gasteiger partial charge < -0.3 is 19.7 Å². The van der Waals surface area contributed by atoms with Gasteiger partial charge in [-0.3, -0.25) is 14.3 Å². The van der Waals surface area contributed by atoms with Crippen molar-refractivity contribution < 1.29 is 21.1 Å². The lowest BCUT2D eigenvalue weighted by atomic mass is 10.1. The van der Waals surface area contributed by atoms with E-state index in [1.807, 2.05) is 0 Å². The van der Waals surface area contributed by atoms with Gasteiger partial charge in [-0.15, -0.1) is 0 Å². The van der Waals surface area contributed by atoms with E-state index in [0.717, 1.165) is 10.6 Å². The topological polar surface area (TPSA) is 114 Å². The van der Waals surface area contributed by atoms with Crippen molar-refractivity contribution in [3.63, 3.8) is 0 Å². The van der Waals surface area contributed by atoms with Gasteiger partial charge in [-0.05, 0) is 0 Å². The molecule has 0 bridgehead atoms. The van der Waals surface area contributed by atoms with E-state index in [1.165, 1.54) is 6.20 Å². The molecule has 1 aliphatic heterocycles. The fourth-order valence-corrected chi connectivity index (χ4v) is 1.90. The van der Waals surface area contributed by atoms with Crippen molar-refractivity contribution in [2.75, 3.05) is 13.7 Å². The molecule has 1 fully saturated rings. The standard InChI is InChI=1S/C10H14N2O6/c1-17-8-7(15)5(4-13)18-9(8)12-3-2-6(14)11-10(12)16/h2-3,5,7-9,13,15H,4H2,1H3,(H,11,14,16)/t5-,7-,8-,9-/m1/s1/i1D. The van der Waals surface area contributed by atoms with Crippen molar-refractivity contribution in [2.45, 2.75) is 24.5 Å². The maximum absolute atomic E-state index is 11.7.